The molecular weight excluding hydrogens is 544 g/mol. The van der Waals surface area contributed by atoms with Gasteiger partial charge in [0.05, 0.1) is 35.5 Å². The van der Waals surface area contributed by atoms with Crippen molar-refractivity contribution in [3.63, 3.8) is 0 Å². The number of Topliss-reactive ketones (excluding diaryl/α,β-unsaturated/α-hetero) is 1. The van der Waals surface area contributed by atoms with Gasteiger partial charge in [0.2, 0.25) is 0 Å². The normalized spacial score (nSPS) is 17.7. The average Bonchev–Trinajstić information content (AvgIpc) is 3.54. The largest absolute Gasteiger partial charge is 0.507 e. The maximum atomic E-state index is 13.6. The third-order valence-corrected chi connectivity index (χ3v) is 8.03. The average molecular weight is 573 g/mol. The zero-order valence-electron chi connectivity index (χ0n) is 22.6. The zero-order chi connectivity index (χ0) is 28.5. The number of aromatic nitrogens is 1. The van der Waals surface area contributed by atoms with Crippen molar-refractivity contribution in [2.45, 2.75) is 25.8 Å². The van der Waals surface area contributed by atoms with E-state index in [0.29, 0.717) is 64.6 Å². The number of fused-ring (bicyclic) bond motifs is 2. The molecule has 6 rings (SSSR count). The van der Waals surface area contributed by atoms with Crippen LogP contribution in [-0.4, -0.2) is 48.7 Å². The minimum absolute atomic E-state index is 0.0387. The molecule has 4 aromatic rings. The third-order valence-electron chi connectivity index (χ3n) is 7.01. The number of nitrogens with zero attached hydrogens (tertiary/aromatic N) is 2. The minimum atomic E-state index is -0.921. The molecule has 210 valence electrons. The number of unbranched alkanes of at least 4 members (excludes halogenated alkanes) is 1. The molecule has 2 aliphatic heterocycles. The van der Waals surface area contributed by atoms with Gasteiger partial charge in [-0.25, -0.2) is 4.98 Å². The topological polar surface area (TPSA) is 107 Å². The molecule has 41 heavy (non-hydrogen) atoms. The highest BCUT2D eigenvalue weighted by molar-refractivity contribution is 7.22. The molecular formula is C31H28N2O7S. The standard InChI is InChI=1S/C31H28N2O7S/c1-3-4-13-38-20-8-5-18(6-9-20)27-26(28(34)19-7-12-23-24(16-19)40-15-14-39-23)29(35)30(36)33(27)31-32-22-11-10-21(37-2)17-25(22)41-31/h5-12,16-17,27,34H,3-4,13-15H2,1-2H3/t27-/m1/s1. The Morgan fingerprint density at radius 3 is 2.54 bits per heavy atom. The second-order valence-electron chi connectivity index (χ2n) is 9.63. The van der Waals surface area contributed by atoms with Crippen molar-refractivity contribution in [1.29, 1.82) is 0 Å². The van der Waals surface area contributed by atoms with Crippen LogP contribution < -0.4 is 23.8 Å². The molecule has 3 heterocycles. The fraction of sp³-hybridized carbons (Fsp3) is 0.258. The van der Waals surface area contributed by atoms with Crippen molar-refractivity contribution in [3.8, 4) is 23.0 Å². The number of thiazole rings is 1. The van der Waals surface area contributed by atoms with Gasteiger partial charge in [0.15, 0.2) is 16.6 Å². The fourth-order valence-corrected chi connectivity index (χ4v) is 5.92. The fourth-order valence-electron chi connectivity index (χ4n) is 4.89. The van der Waals surface area contributed by atoms with Crippen LogP contribution in [0.4, 0.5) is 5.13 Å². The summed E-state index contributed by atoms with van der Waals surface area (Å²) in [6.45, 7) is 3.48. The highest BCUT2D eigenvalue weighted by Gasteiger charge is 2.48. The van der Waals surface area contributed by atoms with Crippen LogP contribution >= 0.6 is 11.3 Å². The van der Waals surface area contributed by atoms with Gasteiger partial charge in [-0.15, -0.1) is 0 Å². The van der Waals surface area contributed by atoms with Gasteiger partial charge in [-0.3, -0.25) is 14.5 Å². The first-order valence-electron chi connectivity index (χ1n) is 13.4. The number of aliphatic hydroxyl groups is 1. The number of carbonyl (C=O) groups excluding carboxylic acids is 2. The Morgan fingerprint density at radius 1 is 1.02 bits per heavy atom. The van der Waals surface area contributed by atoms with E-state index in [2.05, 4.69) is 11.9 Å². The Labute approximate surface area is 240 Å². The number of amides is 1. The summed E-state index contributed by atoms with van der Waals surface area (Å²) < 4.78 is 23.2. The third kappa shape index (κ3) is 4.95. The van der Waals surface area contributed by atoms with Crippen LogP contribution in [0, 0.1) is 0 Å². The summed E-state index contributed by atoms with van der Waals surface area (Å²) in [6.07, 6.45) is 1.94. The van der Waals surface area contributed by atoms with Crippen LogP contribution in [0.25, 0.3) is 16.0 Å². The lowest BCUT2D eigenvalue weighted by atomic mass is 9.95. The summed E-state index contributed by atoms with van der Waals surface area (Å²) in [5.74, 6) is 0.458. The molecule has 0 bridgehead atoms. The summed E-state index contributed by atoms with van der Waals surface area (Å²) in [4.78, 5) is 33.2. The second kappa shape index (κ2) is 11.1. The van der Waals surface area contributed by atoms with Crippen LogP contribution in [-0.2, 0) is 9.59 Å². The highest BCUT2D eigenvalue weighted by Crippen LogP contribution is 2.45. The number of aliphatic hydroxyl groups excluding tert-OH is 1. The number of anilines is 1. The van der Waals surface area contributed by atoms with Crippen molar-refractivity contribution in [3.05, 3.63) is 77.4 Å². The van der Waals surface area contributed by atoms with Crippen LogP contribution in [0.1, 0.15) is 36.9 Å². The van der Waals surface area contributed by atoms with Crippen molar-refractivity contribution in [2.24, 2.45) is 0 Å². The molecule has 0 radical (unpaired) electrons. The van der Waals surface area contributed by atoms with Gasteiger partial charge >= 0.3 is 5.91 Å². The maximum absolute atomic E-state index is 13.6. The lowest BCUT2D eigenvalue weighted by Gasteiger charge is -2.23. The summed E-state index contributed by atoms with van der Waals surface area (Å²) >= 11 is 1.27. The number of benzene rings is 3. The number of ether oxygens (including phenoxy) is 4. The Bertz CT molecular complexity index is 1660. The van der Waals surface area contributed by atoms with E-state index >= 15 is 0 Å². The van der Waals surface area contributed by atoms with Gasteiger partial charge in [-0.1, -0.05) is 36.8 Å². The Hall–Kier alpha value is -4.57. The Morgan fingerprint density at radius 2 is 1.78 bits per heavy atom. The molecule has 9 nitrogen and oxygen atoms in total. The summed E-state index contributed by atoms with van der Waals surface area (Å²) in [6, 6.07) is 16.7. The molecule has 1 fully saturated rings. The molecule has 1 atom stereocenters. The minimum Gasteiger partial charge on any atom is -0.507 e. The van der Waals surface area contributed by atoms with Gasteiger partial charge in [0.25, 0.3) is 5.78 Å². The summed E-state index contributed by atoms with van der Waals surface area (Å²) in [7, 11) is 1.58. The number of hydrogen-bond acceptors (Lipinski definition) is 9. The van der Waals surface area contributed by atoms with E-state index in [-0.39, 0.29) is 11.3 Å². The number of hydrogen-bond donors (Lipinski definition) is 1. The molecule has 10 heteroatoms. The quantitative estimate of drug-likeness (QED) is 0.121. The first-order chi connectivity index (χ1) is 20.0. The number of rotatable bonds is 8. The van der Waals surface area contributed by atoms with Gasteiger partial charge in [-0.2, -0.15) is 0 Å². The van der Waals surface area contributed by atoms with E-state index < -0.39 is 17.7 Å². The van der Waals surface area contributed by atoms with E-state index in [1.54, 1.807) is 61.7 Å². The molecule has 1 aromatic heterocycles. The van der Waals surface area contributed by atoms with Crippen molar-refractivity contribution in [1.82, 2.24) is 4.98 Å². The molecule has 1 N–H and O–H groups in total. The van der Waals surface area contributed by atoms with Crippen LogP contribution in [0.3, 0.4) is 0 Å². The highest BCUT2D eigenvalue weighted by atomic mass is 32.1. The molecule has 3 aromatic carbocycles. The molecule has 1 amide bonds. The van der Waals surface area contributed by atoms with Crippen LogP contribution in [0.15, 0.2) is 66.2 Å². The van der Waals surface area contributed by atoms with E-state index in [1.165, 1.54) is 16.2 Å². The number of ketones is 1. The van der Waals surface area contributed by atoms with E-state index in [0.717, 1.165) is 17.5 Å². The number of carbonyl (C=O) groups is 2. The Kier molecular flexibility index (Phi) is 7.23. The monoisotopic (exact) mass is 572 g/mol. The lowest BCUT2D eigenvalue weighted by molar-refractivity contribution is -0.132. The smallest absolute Gasteiger partial charge is 0.301 e. The maximum Gasteiger partial charge on any atom is 0.301 e. The second-order valence-corrected chi connectivity index (χ2v) is 10.6. The Balaban J connectivity index is 1.47. The lowest BCUT2D eigenvalue weighted by Crippen LogP contribution is -2.29. The molecule has 1 saturated heterocycles. The SMILES string of the molecule is CCCCOc1ccc([C@@H]2C(=C(O)c3ccc4c(c3)OCCO4)C(=O)C(=O)N2c2nc3ccc(OC)cc3s2)cc1. The summed E-state index contributed by atoms with van der Waals surface area (Å²) in [5, 5.41) is 11.9. The van der Waals surface area contributed by atoms with Gasteiger partial charge in [0.1, 0.15) is 30.5 Å². The molecule has 0 saturated carbocycles. The van der Waals surface area contributed by atoms with E-state index in [4.69, 9.17) is 18.9 Å². The molecule has 0 spiro atoms. The van der Waals surface area contributed by atoms with E-state index in [1.807, 2.05) is 6.07 Å². The zero-order valence-corrected chi connectivity index (χ0v) is 23.4. The van der Waals surface area contributed by atoms with E-state index in [9.17, 15) is 14.7 Å². The van der Waals surface area contributed by atoms with Crippen LogP contribution in [0.5, 0.6) is 23.0 Å². The molecule has 0 unspecified atom stereocenters. The van der Waals surface area contributed by atoms with Gasteiger partial charge < -0.3 is 24.1 Å². The van der Waals surface area contributed by atoms with Gasteiger partial charge in [-0.05, 0) is 60.5 Å². The number of methoxy groups -OCH3 is 1. The van der Waals surface area contributed by atoms with Crippen LogP contribution in [0.2, 0.25) is 0 Å². The predicted molar refractivity (Wildman–Crippen MR) is 155 cm³/mol. The van der Waals surface area contributed by atoms with Crippen molar-refractivity contribution >= 4 is 44.1 Å². The first-order valence-corrected chi connectivity index (χ1v) is 14.2. The predicted octanol–water partition coefficient (Wildman–Crippen LogP) is 5.88. The molecule has 2 aliphatic rings. The van der Waals surface area contributed by atoms with Crippen molar-refractivity contribution in [2.75, 3.05) is 31.8 Å². The first kappa shape index (κ1) is 26.6. The van der Waals surface area contributed by atoms with Gasteiger partial charge in [0, 0.05) is 5.56 Å². The molecule has 0 aliphatic carbocycles. The summed E-state index contributed by atoms with van der Waals surface area (Å²) in [5.41, 5.74) is 1.59. The van der Waals surface area contributed by atoms with Crippen molar-refractivity contribution < 1.29 is 33.6 Å².